The van der Waals surface area contributed by atoms with Gasteiger partial charge in [0.25, 0.3) is 115 Å². The summed E-state index contributed by atoms with van der Waals surface area (Å²) >= 11 is 0. The number of aromatic nitrogens is 6. The molecule has 149 heavy (non-hydrogen) atoms. The average molecular weight is 2300 g/mol. The Bertz CT molecular complexity index is 6060. The van der Waals surface area contributed by atoms with E-state index in [2.05, 4.69) is 52.6 Å². The lowest BCUT2D eigenvalue weighted by atomic mass is 10.1. The molecule has 3 heterocycles. The molecule has 840 valence electrons. The maximum Gasteiger partial charge on any atom is 0.268 e. The first-order valence-electron chi connectivity index (χ1n) is 46.8. The zero-order valence-corrected chi connectivity index (χ0v) is 88.6. The minimum atomic E-state index is -4.57. The number of rotatable bonds is 79. The van der Waals surface area contributed by atoms with Crippen molar-refractivity contribution >= 4 is 115 Å². The van der Waals surface area contributed by atoms with Crippen molar-refractivity contribution in [1.29, 1.82) is 0 Å². The van der Waals surface area contributed by atoms with Crippen molar-refractivity contribution in [2.24, 2.45) is 0 Å². The molecule has 0 spiro atoms. The number of benzene rings is 4. The van der Waals surface area contributed by atoms with E-state index in [1.165, 1.54) is 36.4 Å². The number of carbonyl (C=O) groups is 4. The van der Waals surface area contributed by atoms with Crippen LogP contribution in [0.5, 0.6) is 69.0 Å². The van der Waals surface area contributed by atoms with Crippen LogP contribution in [0.2, 0.25) is 0 Å². The van der Waals surface area contributed by atoms with Crippen LogP contribution in [0.1, 0.15) is 175 Å². The van der Waals surface area contributed by atoms with Crippen LogP contribution in [-0.2, 0) is 117 Å². The summed E-state index contributed by atoms with van der Waals surface area (Å²) in [7, 11) is -40.1. The Hall–Kier alpha value is -10.9. The van der Waals surface area contributed by atoms with Gasteiger partial charge >= 0.3 is 0 Å². The number of nitrogens with zero attached hydrogens (tertiary/aromatic N) is 7. The molecule has 56 nitrogen and oxygen atoms in total. The highest BCUT2D eigenvalue weighted by Crippen LogP contribution is 2.44. The third-order valence-corrected chi connectivity index (χ3v) is 27.4. The Labute approximate surface area is 863 Å². The second-order valence-corrected chi connectivity index (χ2v) is 47.3. The molecule has 0 atom stereocenters. The van der Waals surface area contributed by atoms with Gasteiger partial charge in [0.05, 0.1) is 124 Å². The third-order valence-electron chi connectivity index (χ3n) is 20.4. The van der Waals surface area contributed by atoms with Gasteiger partial charge in [-0.2, -0.15) is 75.8 Å². The number of unbranched alkanes of at least 4 members (excludes halogenated alkanes) is 3. The second kappa shape index (κ2) is 61.6. The predicted molar refractivity (Wildman–Crippen MR) is 531 cm³/mol. The van der Waals surface area contributed by atoms with Crippen LogP contribution >= 0.6 is 0 Å². The molecule has 0 saturated carbocycles. The van der Waals surface area contributed by atoms with Crippen LogP contribution in [0.3, 0.4) is 0 Å². The fourth-order valence-corrected chi connectivity index (χ4v) is 17.4. The SMILES string of the molecule is CCCNC(=O)c1cc(OCCCCc2cn(CCCNC(=O)c3cc(OCCCS(=O)(=O)O)c(OCCS(=O)(=O)O)c(OCCCS(=O)(=O)O)c3)nn2)c(OCCCCC2=CN(CCCNC(=O)c3cc(OCCCS(=O)(=O)O)c(OCCCS(=O)(=O)O)c(OCCCS(=O)(=O)O)c3)NCN2)c(OCCCCc2cn(CCCNC(=O)c3cc(OCCCS(=O)(=O)O)c(OCCS(=O)(=O)O)c(OCCCS(=O)(=O)O)c3)nn2)c1. The lowest BCUT2D eigenvalue weighted by Gasteiger charge is -2.29. The summed E-state index contributed by atoms with van der Waals surface area (Å²) in [6, 6.07) is 10.3. The molecule has 15 N–H and O–H groups in total. The molecule has 0 bridgehead atoms. The van der Waals surface area contributed by atoms with E-state index in [9.17, 15) is 136 Å². The number of hydrogen-bond acceptors (Lipinski definition) is 41. The van der Waals surface area contributed by atoms with Gasteiger partial charge in [0.1, 0.15) is 24.7 Å². The molecule has 0 unspecified atom stereocenters. The van der Waals surface area contributed by atoms with Crippen molar-refractivity contribution in [1.82, 2.24) is 67.0 Å². The molecule has 65 heteroatoms. The van der Waals surface area contributed by atoms with Crippen molar-refractivity contribution in [3.63, 3.8) is 0 Å². The summed E-state index contributed by atoms with van der Waals surface area (Å²) in [4.78, 5) is 55.1. The zero-order chi connectivity index (χ0) is 109. The van der Waals surface area contributed by atoms with Crippen molar-refractivity contribution in [3.05, 3.63) is 106 Å². The molecule has 0 fully saturated rings. The normalized spacial score (nSPS) is 12.8. The van der Waals surface area contributed by atoms with Crippen LogP contribution < -0.4 is 88.9 Å². The molecule has 6 aromatic rings. The molecular formula is C84H127N13O43S9. The fourth-order valence-electron chi connectivity index (χ4n) is 13.4. The third kappa shape index (κ3) is 53.6. The standard InChI is InChI=1S/C84H127N13O43S9/c1-2-22-85-81(98)62-50-69(129-29-6-4-20-67-59-96(93-91-67)27-10-24-87-83(100)64-54-73(133-34-14-43-143(108,109)110)79(139-39-48-148(123,124)125)74(55-64)134-35-15-44-144(111,112)113)77(137-31-8-3-19-66-58-95(90-61-89-66)26-9-23-86-82(99)63-52-71(131-32-12-41-141(102,103)104)78(138-38-18-47-147(120,121)122)72(53-63)132-33-13-42-142(105,106)107)70(51-62)130-30-7-5-21-68-60-97(94-92-68)28-11-25-88-84(101)65-56-75(135-36-16-45-145(114,115)116)80(140-40-49-149(126,127)128)76(57-65)136-37-17-46-146(117,118)119/h50-60,89-90H,2-49,61H2,1H3,(H,85,98)(H,86,99)(H,87,100)(H,88,101)(H,102,103,104)(H,105,106,107)(H,108,109,110)(H,111,112,113)(H,114,115,116)(H,117,118,119)(H,120,121,122)(H,123,124,125)(H,126,127,128). The predicted octanol–water partition coefficient (Wildman–Crippen LogP) is 3.16. The van der Waals surface area contributed by atoms with Crippen LogP contribution in [0.15, 0.2) is 72.8 Å². The second-order valence-electron chi connectivity index (χ2n) is 33.2. The average Bonchev–Trinajstić information content (AvgIpc) is 0.875. The Balaban J connectivity index is 1.01. The smallest absolute Gasteiger partial charge is 0.268 e. The number of allylic oxidation sites excluding steroid dienone is 1. The van der Waals surface area contributed by atoms with Crippen molar-refractivity contribution in [2.45, 2.75) is 148 Å². The van der Waals surface area contributed by atoms with Crippen LogP contribution in [0, 0.1) is 0 Å². The van der Waals surface area contributed by atoms with Gasteiger partial charge < -0.3 is 88.4 Å². The monoisotopic (exact) mass is 2290 g/mol. The highest BCUT2D eigenvalue weighted by Gasteiger charge is 2.28. The number of ether oxygens (including phenoxy) is 12. The largest absolute Gasteiger partial charge is 0.490 e. The van der Waals surface area contributed by atoms with E-state index in [1.807, 2.05) is 18.1 Å². The fraction of sp³-hybridized carbons (Fsp3) is 0.595. The van der Waals surface area contributed by atoms with Gasteiger partial charge in [-0.25, -0.2) is 5.43 Å². The lowest BCUT2D eigenvalue weighted by molar-refractivity contribution is 0.0942. The van der Waals surface area contributed by atoms with Gasteiger partial charge in [0.15, 0.2) is 46.0 Å². The molecule has 4 amide bonds. The Morgan fingerprint density at radius 2 is 0.530 bits per heavy atom. The molecule has 2 aromatic heterocycles. The van der Waals surface area contributed by atoms with Gasteiger partial charge in [-0.1, -0.05) is 17.4 Å². The summed E-state index contributed by atoms with van der Waals surface area (Å²) < 4.78 is 365. The van der Waals surface area contributed by atoms with Crippen LogP contribution in [-0.4, -0.2) is 346 Å². The molecule has 1 aliphatic heterocycles. The van der Waals surface area contributed by atoms with Crippen molar-refractivity contribution in [2.75, 3.05) is 170 Å². The number of amides is 4. The summed E-state index contributed by atoms with van der Waals surface area (Å²) in [5.41, 5.74) is 5.17. The Morgan fingerprint density at radius 1 is 0.295 bits per heavy atom. The maximum atomic E-state index is 13.9. The number of nitrogens with one attached hydrogen (secondary N) is 6. The molecular weight excluding hydrogens is 2170 g/mol. The van der Waals surface area contributed by atoms with Gasteiger partial charge in [0.2, 0.25) is 23.0 Å². The van der Waals surface area contributed by atoms with E-state index in [4.69, 9.17) is 56.8 Å². The van der Waals surface area contributed by atoms with Gasteiger partial charge in [0, 0.05) is 92.4 Å². The molecule has 0 saturated heterocycles. The van der Waals surface area contributed by atoms with E-state index in [0.717, 1.165) is 5.70 Å². The first-order chi connectivity index (χ1) is 70.1. The molecule has 7 rings (SSSR count). The Morgan fingerprint density at radius 3 is 0.799 bits per heavy atom. The summed E-state index contributed by atoms with van der Waals surface area (Å²) in [5, 5.41) is 33.4. The zero-order valence-electron chi connectivity index (χ0n) is 81.2. The summed E-state index contributed by atoms with van der Waals surface area (Å²) in [5.74, 6) is -11.0. The van der Waals surface area contributed by atoms with Crippen LogP contribution in [0.25, 0.3) is 0 Å². The molecule has 0 radical (unpaired) electrons. The van der Waals surface area contributed by atoms with Crippen LogP contribution in [0.4, 0.5) is 0 Å². The van der Waals surface area contributed by atoms with E-state index in [0.29, 0.717) is 115 Å². The topological polar surface area (TPSA) is 805 Å². The van der Waals surface area contributed by atoms with Gasteiger partial charge in [-0.05, 0) is 177 Å². The quantitative estimate of drug-likeness (QED) is 0.0193. The first kappa shape index (κ1) is 125. The Kier molecular flexibility index (Phi) is 51.7. The highest BCUT2D eigenvalue weighted by molar-refractivity contribution is 7.87. The lowest BCUT2D eigenvalue weighted by Crippen LogP contribution is -2.45. The van der Waals surface area contributed by atoms with E-state index < -0.39 is 180 Å². The van der Waals surface area contributed by atoms with Gasteiger partial charge in [-0.3, -0.25) is 69.5 Å². The highest BCUT2D eigenvalue weighted by atomic mass is 32.3. The molecule has 4 aromatic carbocycles. The van der Waals surface area contributed by atoms with E-state index in [-0.39, 0.29) is 235 Å². The molecule has 0 aliphatic carbocycles. The van der Waals surface area contributed by atoms with E-state index >= 15 is 0 Å². The maximum absolute atomic E-state index is 13.9. The number of hydrazine groups is 1. The minimum absolute atomic E-state index is 0.0521. The first-order valence-corrected chi connectivity index (χ1v) is 61.3. The van der Waals surface area contributed by atoms with Crippen molar-refractivity contribution in [3.8, 4) is 69.0 Å². The van der Waals surface area contributed by atoms with E-state index in [1.54, 1.807) is 33.9 Å². The summed E-state index contributed by atoms with van der Waals surface area (Å²) in [6.45, 7) is 0.0199. The van der Waals surface area contributed by atoms with Gasteiger partial charge in [-0.15, -0.1) is 10.2 Å². The molecule has 1 aliphatic rings. The number of aryl methyl sites for hydroxylation is 4. The van der Waals surface area contributed by atoms with Crippen molar-refractivity contribution < 1.29 is 193 Å². The minimum Gasteiger partial charge on any atom is -0.490 e. The number of carbonyl (C=O) groups excluding carboxylic acids is 4. The summed E-state index contributed by atoms with van der Waals surface area (Å²) in [6.07, 6.45) is 9.51. The number of hydrogen-bond donors (Lipinski definition) is 15.